The molecular weight excluding hydrogens is 179 g/mol. The summed E-state index contributed by atoms with van der Waals surface area (Å²) in [5.41, 5.74) is 0. The average molecular weight is 202 g/mol. The van der Waals surface area contributed by atoms with E-state index in [4.69, 9.17) is 0 Å². The number of hydrogen-bond donors (Lipinski definition) is 1. The van der Waals surface area contributed by atoms with Gasteiger partial charge in [-0.3, -0.25) is 9.29 Å². The summed E-state index contributed by atoms with van der Waals surface area (Å²) in [6.07, 6.45) is 4.40. The van der Waals surface area contributed by atoms with Crippen molar-refractivity contribution >= 4 is 0 Å². The van der Waals surface area contributed by atoms with E-state index in [2.05, 4.69) is 17.1 Å². The molecule has 1 rings (SSSR count). The molecule has 1 N–H and O–H groups in total. The Morgan fingerprint density at radius 1 is 1.43 bits per heavy atom. The Kier molecular flexibility index (Phi) is 6.12. The smallest absolute Gasteiger partial charge is 0.0906 e. The van der Waals surface area contributed by atoms with E-state index < -0.39 is 0 Å². The summed E-state index contributed by atoms with van der Waals surface area (Å²) in [7, 11) is 0. The lowest BCUT2D eigenvalue weighted by Crippen LogP contribution is -2.46. The lowest BCUT2D eigenvalue weighted by atomic mass is 10.1. The van der Waals surface area contributed by atoms with Gasteiger partial charge in [-0.2, -0.15) is 0 Å². The van der Waals surface area contributed by atoms with Gasteiger partial charge in [0.15, 0.2) is 0 Å². The molecule has 1 heterocycles. The highest BCUT2D eigenvalue weighted by molar-refractivity contribution is 4.78. The van der Waals surface area contributed by atoms with Crippen molar-refractivity contribution in [3.63, 3.8) is 0 Å². The van der Waals surface area contributed by atoms with Crippen molar-refractivity contribution in [2.75, 3.05) is 32.9 Å². The van der Waals surface area contributed by atoms with Crippen LogP contribution in [0.15, 0.2) is 0 Å². The molecule has 1 atom stereocenters. The van der Waals surface area contributed by atoms with E-state index in [1.807, 2.05) is 0 Å². The number of alkyl halides is 1. The molecule has 14 heavy (non-hydrogen) atoms. The fraction of sp³-hybridized carbons (Fsp3) is 1.00. The zero-order valence-electron chi connectivity index (χ0n) is 9.27. The van der Waals surface area contributed by atoms with E-state index in [-0.39, 0.29) is 6.67 Å². The Hall–Kier alpha value is -0.150. The average Bonchev–Trinajstić information content (AvgIpc) is 2.25. The van der Waals surface area contributed by atoms with Crippen molar-refractivity contribution in [3.05, 3.63) is 0 Å². The zero-order chi connectivity index (χ0) is 10.2. The SMILES string of the molecule is CCCN(CCCF)C1CCCNC1. The molecule has 1 aliphatic heterocycles. The van der Waals surface area contributed by atoms with Crippen LogP contribution in [0.1, 0.15) is 32.6 Å². The van der Waals surface area contributed by atoms with Gasteiger partial charge in [-0.15, -0.1) is 0 Å². The third-order valence-electron chi connectivity index (χ3n) is 2.88. The molecule has 1 saturated heterocycles. The number of piperidine rings is 1. The monoisotopic (exact) mass is 202 g/mol. The van der Waals surface area contributed by atoms with E-state index in [9.17, 15) is 4.39 Å². The Bertz CT molecular complexity index is 135. The summed E-state index contributed by atoms with van der Waals surface area (Å²) in [6, 6.07) is 0.648. The fourth-order valence-electron chi connectivity index (χ4n) is 2.17. The summed E-state index contributed by atoms with van der Waals surface area (Å²) < 4.78 is 12.1. The highest BCUT2D eigenvalue weighted by Crippen LogP contribution is 2.11. The molecule has 84 valence electrons. The molecule has 0 aliphatic carbocycles. The number of nitrogens with one attached hydrogen (secondary N) is 1. The third-order valence-corrected chi connectivity index (χ3v) is 2.88. The number of halogens is 1. The van der Waals surface area contributed by atoms with Crippen molar-refractivity contribution in [1.82, 2.24) is 10.2 Å². The molecule has 2 nitrogen and oxygen atoms in total. The van der Waals surface area contributed by atoms with Crippen LogP contribution in [0.3, 0.4) is 0 Å². The first-order chi connectivity index (χ1) is 6.88. The maximum absolute atomic E-state index is 12.1. The number of nitrogens with zero attached hydrogens (tertiary/aromatic N) is 1. The third kappa shape index (κ3) is 3.93. The first-order valence-corrected chi connectivity index (χ1v) is 5.89. The Labute approximate surface area is 86.9 Å². The van der Waals surface area contributed by atoms with Crippen LogP contribution in [0.5, 0.6) is 0 Å². The van der Waals surface area contributed by atoms with Gasteiger partial charge in [0.05, 0.1) is 6.67 Å². The number of rotatable bonds is 6. The van der Waals surface area contributed by atoms with Crippen molar-refractivity contribution < 1.29 is 4.39 Å². The molecule has 0 saturated carbocycles. The second-order valence-electron chi connectivity index (χ2n) is 4.08. The Morgan fingerprint density at radius 2 is 2.29 bits per heavy atom. The minimum Gasteiger partial charge on any atom is -0.315 e. The Morgan fingerprint density at radius 3 is 2.86 bits per heavy atom. The molecule has 0 bridgehead atoms. The first-order valence-electron chi connectivity index (χ1n) is 5.89. The molecule has 3 heteroatoms. The number of hydrogen-bond acceptors (Lipinski definition) is 2. The molecule has 0 aromatic carbocycles. The van der Waals surface area contributed by atoms with Gasteiger partial charge in [0.2, 0.25) is 0 Å². The molecule has 0 spiro atoms. The predicted octanol–water partition coefficient (Wildman–Crippen LogP) is 1.81. The normalized spacial score (nSPS) is 22.9. The van der Waals surface area contributed by atoms with Gasteiger partial charge in [0.25, 0.3) is 0 Å². The summed E-state index contributed by atoms with van der Waals surface area (Å²) in [6.45, 7) is 6.30. The van der Waals surface area contributed by atoms with Crippen LogP contribution in [0.25, 0.3) is 0 Å². The van der Waals surface area contributed by atoms with Gasteiger partial charge in [-0.25, -0.2) is 0 Å². The van der Waals surface area contributed by atoms with Crippen LogP contribution in [0, 0.1) is 0 Å². The quantitative estimate of drug-likeness (QED) is 0.706. The molecule has 0 aromatic rings. The summed E-state index contributed by atoms with van der Waals surface area (Å²) >= 11 is 0. The van der Waals surface area contributed by atoms with Crippen molar-refractivity contribution in [1.29, 1.82) is 0 Å². The minimum absolute atomic E-state index is 0.180. The highest BCUT2D eigenvalue weighted by Gasteiger charge is 2.19. The lowest BCUT2D eigenvalue weighted by Gasteiger charge is -2.34. The van der Waals surface area contributed by atoms with Crippen LogP contribution < -0.4 is 5.32 Å². The van der Waals surface area contributed by atoms with Gasteiger partial charge in [-0.05, 0) is 38.8 Å². The van der Waals surface area contributed by atoms with Crippen LogP contribution in [0.4, 0.5) is 4.39 Å². The lowest BCUT2D eigenvalue weighted by molar-refractivity contribution is 0.160. The molecule has 1 fully saturated rings. The zero-order valence-corrected chi connectivity index (χ0v) is 9.27. The van der Waals surface area contributed by atoms with Gasteiger partial charge in [0.1, 0.15) is 0 Å². The van der Waals surface area contributed by atoms with Gasteiger partial charge in [-0.1, -0.05) is 6.92 Å². The van der Waals surface area contributed by atoms with E-state index in [0.29, 0.717) is 12.5 Å². The minimum atomic E-state index is -0.180. The fourth-order valence-corrected chi connectivity index (χ4v) is 2.17. The Balaban J connectivity index is 2.30. The van der Waals surface area contributed by atoms with Crippen LogP contribution in [0.2, 0.25) is 0 Å². The predicted molar refractivity (Wildman–Crippen MR) is 58.3 cm³/mol. The maximum atomic E-state index is 12.1. The molecule has 0 radical (unpaired) electrons. The summed E-state index contributed by atoms with van der Waals surface area (Å²) in [4.78, 5) is 2.45. The molecular formula is C11H23FN2. The van der Waals surface area contributed by atoms with E-state index in [0.717, 1.165) is 26.2 Å². The van der Waals surface area contributed by atoms with Crippen molar-refractivity contribution in [3.8, 4) is 0 Å². The van der Waals surface area contributed by atoms with Gasteiger partial charge >= 0.3 is 0 Å². The maximum Gasteiger partial charge on any atom is 0.0906 e. The summed E-state index contributed by atoms with van der Waals surface area (Å²) in [5.74, 6) is 0. The first kappa shape index (κ1) is 11.9. The van der Waals surface area contributed by atoms with Crippen LogP contribution in [-0.4, -0.2) is 43.8 Å². The van der Waals surface area contributed by atoms with Gasteiger partial charge < -0.3 is 5.32 Å². The topological polar surface area (TPSA) is 15.3 Å². The highest BCUT2D eigenvalue weighted by atomic mass is 19.1. The molecule has 0 aromatic heterocycles. The van der Waals surface area contributed by atoms with Crippen LogP contribution in [-0.2, 0) is 0 Å². The van der Waals surface area contributed by atoms with E-state index in [1.54, 1.807) is 0 Å². The van der Waals surface area contributed by atoms with Crippen LogP contribution >= 0.6 is 0 Å². The van der Waals surface area contributed by atoms with E-state index in [1.165, 1.54) is 19.3 Å². The van der Waals surface area contributed by atoms with E-state index >= 15 is 0 Å². The summed E-state index contributed by atoms with van der Waals surface area (Å²) in [5, 5.41) is 3.41. The standard InChI is InChI=1S/C11H23FN2/c1-2-8-14(9-4-6-12)11-5-3-7-13-10-11/h11,13H,2-10H2,1H3. The second kappa shape index (κ2) is 7.18. The molecule has 1 aliphatic rings. The van der Waals surface area contributed by atoms with Crippen molar-refractivity contribution in [2.45, 2.75) is 38.6 Å². The van der Waals surface area contributed by atoms with Gasteiger partial charge in [0, 0.05) is 19.1 Å². The molecule has 0 amide bonds. The molecule has 1 unspecified atom stereocenters. The largest absolute Gasteiger partial charge is 0.315 e. The van der Waals surface area contributed by atoms with Crippen molar-refractivity contribution in [2.24, 2.45) is 0 Å². The second-order valence-corrected chi connectivity index (χ2v) is 4.08.